The van der Waals surface area contributed by atoms with Gasteiger partial charge in [0.2, 0.25) is 0 Å². The van der Waals surface area contributed by atoms with E-state index in [1.807, 2.05) is 61.5 Å². The van der Waals surface area contributed by atoms with Gasteiger partial charge in [0.15, 0.2) is 5.65 Å². The lowest BCUT2D eigenvalue weighted by Gasteiger charge is -2.07. The van der Waals surface area contributed by atoms with Crippen LogP contribution in [0.25, 0.3) is 33.5 Å². The van der Waals surface area contributed by atoms with E-state index < -0.39 is 5.97 Å². The highest BCUT2D eigenvalue weighted by molar-refractivity contribution is 6.08. The molecule has 0 unspecified atom stereocenters. The molecule has 6 heteroatoms. The lowest BCUT2D eigenvalue weighted by molar-refractivity contribution is 0.0699. The zero-order valence-electron chi connectivity index (χ0n) is 14.6. The first-order valence-corrected chi connectivity index (χ1v) is 8.58. The van der Waals surface area contributed by atoms with Gasteiger partial charge in [-0.3, -0.25) is 5.10 Å². The summed E-state index contributed by atoms with van der Waals surface area (Å²) in [5, 5.41) is 17.5. The second kappa shape index (κ2) is 6.92. The van der Waals surface area contributed by atoms with Crippen LogP contribution >= 0.6 is 0 Å². The van der Waals surface area contributed by atoms with E-state index >= 15 is 0 Å². The van der Waals surface area contributed by atoms with E-state index in [1.54, 1.807) is 6.07 Å². The van der Waals surface area contributed by atoms with E-state index in [2.05, 4.69) is 15.2 Å². The quantitative estimate of drug-likeness (QED) is 0.552. The highest BCUT2D eigenvalue weighted by Gasteiger charge is 2.19. The minimum Gasteiger partial charge on any atom is -0.494 e. The third-order valence-electron chi connectivity index (χ3n) is 4.28. The molecular formula is C21H17N3O3. The number of hydrogen-bond acceptors (Lipinski definition) is 4. The van der Waals surface area contributed by atoms with Crippen molar-refractivity contribution < 1.29 is 14.6 Å². The lowest BCUT2D eigenvalue weighted by atomic mass is 10.0. The van der Waals surface area contributed by atoms with E-state index in [9.17, 15) is 9.90 Å². The summed E-state index contributed by atoms with van der Waals surface area (Å²) in [6.07, 6.45) is 0. The number of carbonyl (C=O) groups is 1. The lowest BCUT2D eigenvalue weighted by Crippen LogP contribution is -2.00. The molecule has 0 saturated carbocycles. The van der Waals surface area contributed by atoms with Gasteiger partial charge in [-0.2, -0.15) is 5.10 Å². The average Bonchev–Trinajstić information content (AvgIpc) is 3.12. The van der Waals surface area contributed by atoms with E-state index in [-0.39, 0.29) is 5.56 Å². The summed E-state index contributed by atoms with van der Waals surface area (Å²) in [7, 11) is 0. The van der Waals surface area contributed by atoms with Crippen molar-refractivity contribution in [3.63, 3.8) is 0 Å². The van der Waals surface area contributed by atoms with Crippen LogP contribution in [0, 0.1) is 0 Å². The molecule has 0 fully saturated rings. The number of hydrogen-bond donors (Lipinski definition) is 2. The van der Waals surface area contributed by atoms with E-state index in [0.717, 1.165) is 16.9 Å². The average molecular weight is 359 g/mol. The number of ether oxygens (including phenoxy) is 1. The van der Waals surface area contributed by atoms with Gasteiger partial charge in [-0.15, -0.1) is 0 Å². The van der Waals surface area contributed by atoms with Crippen LogP contribution < -0.4 is 4.74 Å². The van der Waals surface area contributed by atoms with Crippen LogP contribution in [0.5, 0.6) is 5.75 Å². The van der Waals surface area contributed by atoms with Gasteiger partial charge in [0.05, 0.1) is 28.9 Å². The fourth-order valence-electron chi connectivity index (χ4n) is 3.04. The maximum Gasteiger partial charge on any atom is 0.336 e. The Bertz CT molecular complexity index is 1100. The Labute approximate surface area is 155 Å². The summed E-state index contributed by atoms with van der Waals surface area (Å²) in [6.45, 7) is 2.51. The van der Waals surface area contributed by atoms with Gasteiger partial charge < -0.3 is 9.84 Å². The van der Waals surface area contributed by atoms with E-state index in [0.29, 0.717) is 29.0 Å². The summed E-state index contributed by atoms with van der Waals surface area (Å²) in [6, 6.07) is 18.5. The van der Waals surface area contributed by atoms with Gasteiger partial charge in [0, 0.05) is 11.1 Å². The number of pyridine rings is 1. The summed E-state index contributed by atoms with van der Waals surface area (Å²) >= 11 is 0. The molecule has 2 N–H and O–H groups in total. The Morgan fingerprint density at radius 1 is 1.07 bits per heavy atom. The van der Waals surface area contributed by atoms with E-state index in [1.165, 1.54) is 0 Å². The maximum absolute atomic E-state index is 11.9. The van der Waals surface area contributed by atoms with Crippen LogP contribution in [-0.2, 0) is 0 Å². The second-order valence-corrected chi connectivity index (χ2v) is 5.98. The predicted octanol–water partition coefficient (Wildman–Crippen LogP) is 4.39. The van der Waals surface area contributed by atoms with Gasteiger partial charge in [-0.25, -0.2) is 9.78 Å². The molecule has 0 spiro atoms. The number of nitrogens with zero attached hydrogens (tertiary/aromatic N) is 2. The number of aromatic carboxylic acids is 1. The predicted molar refractivity (Wildman–Crippen MR) is 103 cm³/mol. The van der Waals surface area contributed by atoms with Crippen LogP contribution in [0.15, 0.2) is 60.7 Å². The first-order chi connectivity index (χ1) is 13.2. The summed E-state index contributed by atoms with van der Waals surface area (Å²) < 4.78 is 5.46. The molecule has 0 atom stereocenters. The van der Waals surface area contributed by atoms with Crippen molar-refractivity contribution in [2.75, 3.05) is 6.61 Å². The van der Waals surface area contributed by atoms with Crippen LogP contribution in [0.2, 0.25) is 0 Å². The molecular weight excluding hydrogens is 342 g/mol. The third-order valence-corrected chi connectivity index (χ3v) is 4.28. The number of H-pyrrole nitrogens is 1. The van der Waals surface area contributed by atoms with Gasteiger partial charge in [-0.1, -0.05) is 30.3 Å². The molecule has 0 amide bonds. The SMILES string of the molecule is CCOc1ccc(-c2[nH]nc3nc(-c4ccccc4)cc(C(=O)O)c23)cc1. The first-order valence-electron chi connectivity index (χ1n) is 8.58. The summed E-state index contributed by atoms with van der Waals surface area (Å²) in [5.41, 5.74) is 3.39. The number of aromatic nitrogens is 3. The van der Waals surface area contributed by atoms with Crippen molar-refractivity contribution in [3.05, 3.63) is 66.2 Å². The zero-order chi connectivity index (χ0) is 18.8. The molecule has 134 valence electrons. The Morgan fingerprint density at radius 3 is 2.48 bits per heavy atom. The molecule has 4 aromatic rings. The molecule has 2 aromatic heterocycles. The smallest absolute Gasteiger partial charge is 0.336 e. The van der Waals surface area contributed by atoms with Crippen molar-refractivity contribution >= 4 is 17.0 Å². The fourth-order valence-corrected chi connectivity index (χ4v) is 3.04. The molecule has 2 aromatic carbocycles. The largest absolute Gasteiger partial charge is 0.494 e. The second-order valence-electron chi connectivity index (χ2n) is 5.98. The zero-order valence-corrected chi connectivity index (χ0v) is 14.6. The Kier molecular flexibility index (Phi) is 4.30. The van der Waals surface area contributed by atoms with Crippen molar-refractivity contribution in [2.24, 2.45) is 0 Å². The molecule has 4 rings (SSSR count). The number of fused-ring (bicyclic) bond motifs is 1. The maximum atomic E-state index is 11.9. The van der Waals surface area contributed by atoms with Gasteiger partial charge in [0.1, 0.15) is 5.75 Å². The molecule has 0 aliphatic rings. The van der Waals surface area contributed by atoms with Gasteiger partial charge in [-0.05, 0) is 37.3 Å². The highest BCUT2D eigenvalue weighted by atomic mass is 16.5. The number of rotatable bonds is 5. The standard InChI is InChI=1S/C21H17N3O3/c1-2-27-15-10-8-14(9-11-15)19-18-16(21(25)26)12-17(22-20(18)24-23-19)13-6-4-3-5-7-13/h3-12H,2H2,1H3,(H,25,26)(H,22,23,24). The van der Waals surface area contributed by atoms with Crippen LogP contribution in [0.4, 0.5) is 0 Å². The molecule has 0 aliphatic carbocycles. The monoisotopic (exact) mass is 359 g/mol. The molecule has 27 heavy (non-hydrogen) atoms. The van der Waals surface area contributed by atoms with Crippen LogP contribution in [0.1, 0.15) is 17.3 Å². The van der Waals surface area contributed by atoms with Crippen LogP contribution in [0.3, 0.4) is 0 Å². The van der Waals surface area contributed by atoms with Crippen molar-refractivity contribution in [3.8, 4) is 28.3 Å². The molecule has 0 bridgehead atoms. The number of carboxylic acid groups (broad SMARTS) is 1. The van der Waals surface area contributed by atoms with Crippen molar-refractivity contribution in [1.82, 2.24) is 15.2 Å². The topological polar surface area (TPSA) is 88.1 Å². The van der Waals surface area contributed by atoms with Crippen molar-refractivity contribution in [2.45, 2.75) is 6.92 Å². The minimum atomic E-state index is -1.02. The Balaban J connectivity index is 1.87. The van der Waals surface area contributed by atoms with Gasteiger partial charge in [0.25, 0.3) is 0 Å². The molecule has 0 radical (unpaired) electrons. The normalized spacial score (nSPS) is 10.9. The molecule has 0 saturated heterocycles. The third kappa shape index (κ3) is 3.13. The fraction of sp³-hybridized carbons (Fsp3) is 0.0952. The Morgan fingerprint density at radius 2 is 1.81 bits per heavy atom. The molecule has 6 nitrogen and oxygen atoms in total. The molecule has 0 aliphatic heterocycles. The number of carboxylic acids is 1. The molecule has 2 heterocycles. The van der Waals surface area contributed by atoms with E-state index in [4.69, 9.17) is 4.74 Å². The number of aromatic amines is 1. The summed E-state index contributed by atoms with van der Waals surface area (Å²) in [4.78, 5) is 16.5. The minimum absolute atomic E-state index is 0.163. The Hall–Kier alpha value is -3.67. The number of nitrogens with one attached hydrogen (secondary N) is 1. The number of benzene rings is 2. The first kappa shape index (κ1) is 16.8. The summed E-state index contributed by atoms with van der Waals surface area (Å²) in [5.74, 6) is -0.263. The van der Waals surface area contributed by atoms with Crippen LogP contribution in [-0.4, -0.2) is 32.9 Å². The van der Waals surface area contributed by atoms with Gasteiger partial charge >= 0.3 is 5.97 Å². The van der Waals surface area contributed by atoms with Crippen molar-refractivity contribution in [1.29, 1.82) is 0 Å². The highest BCUT2D eigenvalue weighted by Crippen LogP contribution is 2.32.